The smallest absolute Gasteiger partial charge is 0.243 e. The van der Waals surface area contributed by atoms with Crippen molar-refractivity contribution in [1.82, 2.24) is 53.2 Å². The van der Waals surface area contributed by atoms with Gasteiger partial charge >= 0.3 is 0 Å². The van der Waals surface area contributed by atoms with E-state index in [9.17, 15) is 47.9 Å². The average molecular weight is 1330 g/mol. The number of hydrogen-bond donors (Lipinski definition) is 10. The lowest BCUT2D eigenvalue weighted by molar-refractivity contribution is -0.120. The summed E-state index contributed by atoms with van der Waals surface area (Å²) in [5.74, 6) is -2.82. The van der Waals surface area contributed by atoms with E-state index < -0.39 is 10.8 Å². The minimum Gasteiger partial charge on any atom is -0.379 e. The van der Waals surface area contributed by atoms with Crippen LogP contribution >= 0.6 is 0 Å². The Labute approximate surface area is 553 Å². The van der Waals surface area contributed by atoms with E-state index in [1.165, 1.54) is 60.8 Å². The second-order valence-corrected chi connectivity index (χ2v) is 19.3. The Hall–Kier alpha value is -8.30. The van der Waals surface area contributed by atoms with E-state index in [0.717, 1.165) is 6.42 Å². The van der Waals surface area contributed by atoms with E-state index >= 15 is 0 Å². The minimum atomic E-state index is -0.768. The second kappa shape index (κ2) is 63.5. The fourth-order valence-corrected chi connectivity index (χ4v) is 6.61. The molecule has 0 atom stereocenters. The van der Waals surface area contributed by atoms with Crippen molar-refractivity contribution in [3.63, 3.8) is 0 Å². The zero-order valence-electron chi connectivity index (χ0n) is 54.8. The molecule has 30 nitrogen and oxygen atoms in total. The zero-order valence-corrected chi connectivity index (χ0v) is 54.8. The molecular weight excluding hydrogens is 1230 g/mol. The van der Waals surface area contributed by atoms with E-state index in [-0.39, 0.29) is 164 Å². The van der Waals surface area contributed by atoms with Crippen LogP contribution in [-0.2, 0) is 95.3 Å². The van der Waals surface area contributed by atoms with Gasteiger partial charge in [-0.05, 0) is 67.2 Å². The summed E-state index contributed by atoms with van der Waals surface area (Å²) in [7, 11) is 0. The molecule has 0 aromatic rings. The molecule has 94 heavy (non-hydrogen) atoms. The van der Waals surface area contributed by atoms with Crippen molar-refractivity contribution in [3.8, 4) is 0 Å². The SMILES string of the molecule is C=CC(=O)NCCOCC(CC)(COCCNC(=O)C=C)COCCNC(=O)C=C.C=CC(=O)NCCOCC(COCCNC(=O)C=C)(COCCNC(=O)C=C)COCCNC(=O)C=C.C=CC(=O)NCCOCC(COCCNC(=O)C=C)OCCNC(=O)C=C. The molecule has 10 amide bonds. The van der Waals surface area contributed by atoms with Crippen molar-refractivity contribution in [2.24, 2.45) is 10.8 Å². The Kier molecular flexibility index (Phi) is 60.7. The average Bonchev–Trinajstić information content (AvgIpc) is 1.06. The van der Waals surface area contributed by atoms with Gasteiger partial charge in [-0.25, -0.2) is 0 Å². The van der Waals surface area contributed by atoms with Gasteiger partial charge in [-0.15, -0.1) is 0 Å². The number of rotatable bonds is 60. The number of amides is 10. The van der Waals surface area contributed by atoms with Crippen LogP contribution in [0.4, 0.5) is 0 Å². The molecule has 0 aliphatic rings. The lowest BCUT2D eigenvalue weighted by Gasteiger charge is -2.33. The highest BCUT2D eigenvalue weighted by atomic mass is 16.6. The first-order valence-electron chi connectivity index (χ1n) is 30.1. The first kappa shape index (κ1) is 89.9. The van der Waals surface area contributed by atoms with E-state index in [4.69, 9.17) is 47.4 Å². The molecule has 530 valence electrons. The number of ether oxygens (including phenoxy) is 10. The molecule has 0 saturated heterocycles. The molecule has 0 saturated carbocycles. The standard InChI is InChI=1S/C25H40N4O8.C21H35N3O6.C18H29N3O6/c1-5-21(30)26-9-13-34-17-25(18-35-14-10-27-22(31)6-2,19-36-15-11-28-23(32)7-3)20-37-16-12-29-24(33)8-4;1-5-18(25)22-9-12-28-15-21(8-4,16-29-13-10-23-19(26)6-2)17-30-14-11-24-20(27)7-3;1-4-16(22)19-7-10-25-13-15(27-12-9-21-18(24)6-3)14-26-11-8-20-17(23)5-2/h5-8H,1-4,9-20H2,(H,26,30)(H,27,31)(H,28,32)(H,29,33);5-7H,1-3,8-17H2,4H3,(H,22,25)(H,23,26)(H,24,27);4-6,15H,1-3,7-14H2,(H,19,22)(H,20,23)(H,21,24). The molecule has 0 aromatic carbocycles. The van der Waals surface area contributed by atoms with Gasteiger partial charge in [0.2, 0.25) is 59.1 Å². The van der Waals surface area contributed by atoms with Gasteiger partial charge in [-0.3, -0.25) is 47.9 Å². The topological polar surface area (TPSA) is 383 Å². The summed E-state index contributed by atoms with van der Waals surface area (Å²) in [6.07, 6.45) is 12.2. The normalized spacial score (nSPS) is 10.5. The maximum Gasteiger partial charge on any atom is 0.243 e. The van der Waals surface area contributed by atoms with Crippen LogP contribution < -0.4 is 53.2 Å². The molecule has 0 spiro atoms. The molecule has 0 bridgehead atoms. The molecule has 0 fully saturated rings. The van der Waals surface area contributed by atoms with Crippen LogP contribution in [0.1, 0.15) is 13.3 Å². The van der Waals surface area contributed by atoms with E-state index in [1.54, 1.807) is 0 Å². The van der Waals surface area contributed by atoms with Crippen molar-refractivity contribution in [2.75, 3.05) is 191 Å². The first-order chi connectivity index (χ1) is 45.3. The number of carbonyl (C=O) groups is 10. The Balaban J connectivity index is -0.00000134. The summed E-state index contributed by atoms with van der Waals surface area (Å²) < 4.78 is 56.9. The summed E-state index contributed by atoms with van der Waals surface area (Å²) in [5, 5.41) is 26.2. The van der Waals surface area contributed by atoms with Crippen molar-refractivity contribution in [1.29, 1.82) is 0 Å². The predicted molar refractivity (Wildman–Crippen MR) is 354 cm³/mol. The highest BCUT2D eigenvalue weighted by Gasteiger charge is 2.33. The Morgan fingerprint density at radius 3 is 0.596 bits per heavy atom. The van der Waals surface area contributed by atoms with E-state index in [0.29, 0.717) is 92.1 Å². The molecule has 0 aliphatic heterocycles. The zero-order chi connectivity index (χ0) is 70.8. The van der Waals surface area contributed by atoms with Crippen molar-refractivity contribution >= 4 is 59.1 Å². The van der Waals surface area contributed by atoms with Gasteiger partial charge in [0.1, 0.15) is 6.10 Å². The third kappa shape index (κ3) is 56.5. The van der Waals surface area contributed by atoms with E-state index in [1.807, 2.05) is 6.92 Å². The molecule has 0 radical (unpaired) electrons. The Bertz CT molecular complexity index is 2070. The third-order valence-electron chi connectivity index (χ3n) is 11.7. The highest BCUT2D eigenvalue weighted by molar-refractivity contribution is 5.90. The number of carbonyl (C=O) groups excluding carboxylic acids is 10. The molecule has 0 heterocycles. The third-order valence-corrected chi connectivity index (χ3v) is 11.7. The van der Waals surface area contributed by atoms with Crippen LogP contribution in [0.2, 0.25) is 0 Å². The van der Waals surface area contributed by atoms with Crippen LogP contribution in [-0.4, -0.2) is 256 Å². The Morgan fingerprint density at radius 1 is 0.266 bits per heavy atom. The number of nitrogens with one attached hydrogen (secondary N) is 10. The lowest BCUT2D eigenvalue weighted by atomic mass is 9.88. The molecular formula is C64H104N10O20. The van der Waals surface area contributed by atoms with Crippen molar-refractivity contribution in [2.45, 2.75) is 19.4 Å². The van der Waals surface area contributed by atoms with Gasteiger partial charge in [0.05, 0.1) is 131 Å². The summed E-state index contributed by atoms with van der Waals surface area (Å²) in [5.41, 5.74) is -1.18. The summed E-state index contributed by atoms with van der Waals surface area (Å²) in [6, 6.07) is 0. The van der Waals surface area contributed by atoms with E-state index in [2.05, 4.69) is 119 Å². The van der Waals surface area contributed by atoms with Crippen LogP contribution in [0.3, 0.4) is 0 Å². The molecule has 0 rings (SSSR count). The van der Waals surface area contributed by atoms with Gasteiger partial charge in [0.15, 0.2) is 0 Å². The van der Waals surface area contributed by atoms with Gasteiger partial charge in [-0.2, -0.15) is 0 Å². The van der Waals surface area contributed by atoms with Crippen LogP contribution in [0.15, 0.2) is 127 Å². The predicted octanol–water partition coefficient (Wildman–Crippen LogP) is -1.10. The highest BCUT2D eigenvalue weighted by Crippen LogP contribution is 2.24. The monoisotopic (exact) mass is 1330 g/mol. The summed E-state index contributed by atoms with van der Waals surface area (Å²) in [6.45, 7) is 44.1. The number of hydrogen-bond acceptors (Lipinski definition) is 20. The fraction of sp³-hybridized carbons (Fsp3) is 0.531. The van der Waals surface area contributed by atoms with Crippen LogP contribution in [0.5, 0.6) is 0 Å². The molecule has 30 heteroatoms. The molecule has 0 aromatic heterocycles. The second-order valence-electron chi connectivity index (χ2n) is 19.3. The van der Waals surface area contributed by atoms with Gasteiger partial charge in [0.25, 0.3) is 0 Å². The summed E-state index contributed by atoms with van der Waals surface area (Å²) in [4.78, 5) is 112. The first-order valence-corrected chi connectivity index (χ1v) is 30.1. The van der Waals surface area contributed by atoms with Crippen LogP contribution in [0.25, 0.3) is 0 Å². The van der Waals surface area contributed by atoms with Gasteiger partial charge in [0, 0.05) is 70.9 Å². The fourth-order valence-electron chi connectivity index (χ4n) is 6.61. The quantitative estimate of drug-likeness (QED) is 0.0255. The largest absolute Gasteiger partial charge is 0.379 e. The summed E-state index contributed by atoms with van der Waals surface area (Å²) >= 11 is 0. The molecule has 0 unspecified atom stereocenters. The van der Waals surface area contributed by atoms with Crippen LogP contribution in [0, 0.1) is 10.8 Å². The minimum absolute atomic E-state index is 0.161. The van der Waals surface area contributed by atoms with Crippen molar-refractivity contribution in [3.05, 3.63) is 127 Å². The lowest BCUT2D eigenvalue weighted by Crippen LogP contribution is -2.44. The maximum absolute atomic E-state index is 11.3. The Morgan fingerprint density at radius 2 is 0.426 bits per heavy atom. The van der Waals surface area contributed by atoms with Gasteiger partial charge < -0.3 is 101 Å². The van der Waals surface area contributed by atoms with Crippen molar-refractivity contribution < 1.29 is 95.3 Å². The maximum atomic E-state index is 11.3. The molecule has 10 N–H and O–H groups in total. The van der Waals surface area contributed by atoms with Gasteiger partial charge in [-0.1, -0.05) is 72.7 Å². The molecule has 0 aliphatic carbocycles.